The maximum Gasteiger partial charge on any atom is 0.434 e. The highest BCUT2D eigenvalue weighted by molar-refractivity contribution is 5.62. The van der Waals surface area contributed by atoms with E-state index in [9.17, 15) is 13.2 Å². The molecular formula is C24H28F3N5O. The molecule has 1 spiro atoms. The Hall–Kier alpha value is -2.26. The van der Waals surface area contributed by atoms with Crippen molar-refractivity contribution >= 4 is 5.82 Å². The second-order valence-electron chi connectivity index (χ2n) is 10.1. The molecule has 1 N–H and O–H groups in total. The molecule has 4 aliphatic rings. The van der Waals surface area contributed by atoms with Crippen molar-refractivity contribution in [1.82, 2.24) is 20.1 Å². The lowest BCUT2D eigenvalue weighted by Crippen LogP contribution is -2.32. The van der Waals surface area contributed by atoms with Gasteiger partial charge in [-0.25, -0.2) is 0 Å². The largest absolute Gasteiger partial charge is 0.434 e. The Morgan fingerprint density at radius 2 is 1.94 bits per heavy atom. The number of hydrogen-bond acceptors (Lipinski definition) is 6. The van der Waals surface area contributed by atoms with E-state index in [2.05, 4.69) is 20.5 Å². The van der Waals surface area contributed by atoms with Crippen LogP contribution < -0.4 is 5.32 Å². The predicted octanol–water partition coefficient (Wildman–Crippen LogP) is 4.25. The molecule has 33 heavy (non-hydrogen) atoms. The first-order valence-electron chi connectivity index (χ1n) is 12.6. The Labute approximate surface area is 193 Å². The van der Waals surface area contributed by atoms with Crippen LogP contribution in [0.15, 0.2) is 30.5 Å². The lowest BCUT2D eigenvalue weighted by Gasteiger charge is -2.22. The van der Waals surface area contributed by atoms with Crippen molar-refractivity contribution in [2.75, 3.05) is 31.5 Å². The molecule has 176 valence electrons. The fourth-order valence-corrected chi connectivity index (χ4v) is 5.72. The molecule has 9 heteroatoms. The van der Waals surface area contributed by atoms with Gasteiger partial charge in [0, 0.05) is 40.1 Å². The summed E-state index contributed by atoms with van der Waals surface area (Å²) in [5, 5.41) is 11.5. The molecule has 4 fully saturated rings. The third-order valence-corrected chi connectivity index (χ3v) is 7.61. The number of nitrogens with zero attached hydrogens (tertiary/aromatic N) is 4. The number of halogens is 3. The molecule has 2 saturated carbocycles. The Morgan fingerprint density at radius 1 is 1.15 bits per heavy atom. The maximum atomic E-state index is 13.3. The van der Waals surface area contributed by atoms with Gasteiger partial charge < -0.3 is 15.0 Å². The summed E-state index contributed by atoms with van der Waals surface area (Å²) in [5.74, 6) is 1.32. The third kappa shape index (κ3) is 4.33. The van der Waals surface area contributed by atoms with Crippen molar-refractivity contribution in [3.8, 4) is 11.3 Å². The van der Waals surface area contributed by atoms with Crippen LogP contribution in [0.3, 0.4) is 0 Å². The molecule has 2 unspecified atom stereocenters. The number of anilines is 1. The summed E-state index contributed by atoms with van der Waals surface area (Å²) in [5.41, 5.74) is -0.690. The van der Waals surface area contributed by atoms with Crippen molar-refractivity contribution < 1.29 is 20.6 Å². The van der Waals surface area contributed by atoms with Gasteiger partial charge in [0.2, 0.25) is 0 Å². The minimum absolute atomic E-state index is 0.0948. The van der Waals surface area contributed by atoms with Crippen LogP contribution in [0.4, 0.5) is 19.0 Å². The molecule has 2 aliphatic heterocycles. The number of rotatable bonds is 5. The molecule has 4 heterocycles. The van der Waals surface area contributed by atoms with Crippen LogP contribution in [0.1, 0.15) is 40.5 Å². The number of nitrogens with one attached hydrogen (secondary N) is 1. The number of pyridine rings is 1. The fraction of sp³-hybridized carbons (Fsp3) is 0.625. The Bertz CT molecular complexity index is 1080. The normalized spacial score (nSPS) is 32.0. The van der Waals surface area contributed by atoms with Crippen LogP contribution in [-0.2, 0) is 10.9 Å². The van der Waals surface area contributed by atoms with Crippen molar-refractivity contribution in [2.45, 2.75) is 50.4 Å². The van der Waals surface area contributed by atoms with Gasteiger partial charge in [-0.05, 0) is 73.6 Å². The van der Waals surface area contributed by atoms with Crippen molar-refractivity contribution in [1.29, 1.82) is 0 Å². The topological polar surface area (TPSA) is 63.2 Å². The molecule has 6 rings (SSSR count). The number of aromatic nitrogens is 3. The Kier molecular flexibility index (Phi) is 4.57. The lowest BCUT2D eigenvalue weighted by atomic mass is 10.0. The monoisotopic (exact) mass is 461 g/mol. The van der Waals surface area contributed by atoms with Gasteiger partial charge in [-0.3, -0.25) is 4.98 Å². The standard InChI is InChI=1S/C24H28F3N5O/c25-24(26,27)22-19(2-1-7-28-22)20-3-4-21(31-30-20)29-17-8-15-11-32(12-16(15)9-17)13-18-10-23(5-6-23)14-33-18/h1-4,7,15-18H,5-6,8-14H2,(H,29,31)/t15-,16+,17?,18?/i13D2. The summed E-state index contributed by atoms with van der Waals surface area (Å²) in [6.07, 6.45) is 1.15. The van der Waals surface area contributed by atoms with Gasteiger partial charge in [0.15, 0.2) is 5.69 Å². The molecule has 2 aliphatic carbocycles. The van der Waals surface area contributed by atoms with Crippen LogP contribution in [0.5, 0.6) is 0 Å². The molecule has 0 radical (unpaired) electrons. The minimum atomic E-state index is -4.57. The molecule has 0 aromatic carbocycles. The van der Waals surface area contributed by atoms with Crippen molar-refractivity contribution in [3.63, 3.8) is 0 Å². The van der Waals surface area contributed by atoms with Gasteiger partial charge >= 0.3 is 6.18 Å². The Balaban J connectivity index is 1.06. The zero-order chi connectivity index (χ0) is 24.4. The number of hydrogen-bond donors (Lipinski definition) is 1. The zero-order valence-corrected chi connectivity index (χ0v) is 18.2. The SMILES string of the molecule is [2H]C([2H])(C1CC2(CC2)CO1)N1C[C@H]2CC(Nc3ccc(-c4cccnc4C(F)(F)F)nn3)C[C@H]2C1. The van der Waals surface area contributed by atoms with E-state index < -0.39 is 18.4 Å². The molecular weight excluding hydrogens is 431 g/mol. The van der Waals surface area contributed by atoms with E-state index in [1.807, 2.05) is 4.90 Å². The summed E-state index contributed by atoms with van der Waals surface area (Å²) in [6, 6.07) is 6.15. The van der Waals surface area contributed by atoms with Gasteiger partial charge in [-0.2, -0.15) is 13.2 Å². The van der Waals surface area contributed by atoms with Crippen molar-refractivity contribution in [3.05, 3.63) is 36.2 Å². The summed E-state index contributed by atoms with van der Waals surface area (Å²) in [4.78, 5) is 5.45. The Morgan fingerprint density at radius 3 is 2.58 bits per heavy atom. The maximum absolute atomic E-state index is 13.3. The van der Waals surface area contributed by atoms with E-state index >= 15 is 0 Å². The summed E-state index contributed by atoms with van der Waals surface area (Å²) >= 11 is 0. The van der Waals surface area contributed by atoms with Crippen LogP contribution >= 0.6 is 0 Å². The average Bonchev–Trinajstić information content (AvgIpc) is 3.09. The number of likely N-dealkylation sites (tertiary alicyclic amines) is 1. The summed E-state index contributed by atoms with van der Waals surface area (Å²) < 4.78 is 63.2. The quantitative estimate of drug-likeness (QED) is 0.718. The van der Waals surface area contributed by atoms with E-state index in [4.69, 9.17) is 7.48 Å². The number of ether oxygens (including phenoxy) is 1. The highest BCUT2D eigenvalue weighted by Gasteiger charge is 2.50. The van der Waals surface area contributed by atoms with E-state index in [-0.39, 0.29) is 28.8 Å². The van der Waals surface area contributed by atoms with Gasteiger partial charge in [0.05, 0.1) is 18.4 Å². The predicted molar refractivity (Wildman–Crippen MR) is 116 cm³/mol. The minimum Gasteiger partial charge on any atom is -0.376 e. The van der Waals surface area contributed by atoms with E-state index in [0.29, 0.717) is 37.4 Å². The molecule has 0 bridgehead atoms. The molecule has 4 atom stereocenters. The molecule has 2 aromatic rings. The van der Waals surface area contributed by atoms with Crippen molar-refractivity contribution in [2.24, 2.45) is 17.3 Å². The molecule has 0 amide bonds. The average molecular weight is 462 g/mol. The van der Waals surface area contributed by atoms with E-state index in [0.717, 1.165) is 38.3 Å². The lowest BCUT2D eigenvalue weighted by molar-refractivity contribution is -0.140. The highest BCUT2D eigenvalue weighted by atomic mass is 19.4. The van der Waals surface area contributed by atoms with E-state index in [1.54, 1.807) is 6.07 Å². The van der Waals surface area contributed by atoms with Crippen LogP contribution in [0.25, 0.3) is 11.3 Å². The number of fused-ring (bicyclic) bond motifs is 1. The van der Waals surface area contributed by atoms with Gasteiger partial charge in [0.1, 0.15) is 5.82 Å². The van der Waals surface area contributed by atoms with Gasteiger partial charge in [-0.1, -0.05) is 0 Å². The first-order chi connectivity index (χ1) is 16.6. The number of alkyl halides is 3. The summed E-state index contributed by atoms with van der Waals surface area (Å²) in [7, 11) is 0. The van der Waals surface area contributed by atoms with Gasteiger partial charge in [-0.15, -0.1) is 10.2 Å². The third-order valence-electron chi connectivity index (χ3n) is 7.61. The first kappa shape index (κ1) is 19.1. The summed E-state index contributed by atoms with van der Waals surface area (Å²) in [6.45, 7) is 0.688. The van der Waals surface area contributed by atoms with Crippen LogP contribution in [-0.4, -0.2) is 58.4 Å². The van der Waals surface area contributed by atoms with Gasteiger partial charge in [0.25, 0.3) is 0 Å². The van der Waals surface area contributed by atoms with Crippen LogP contribution in [0, 0.1) is 17.3 Å². The van der Waals surface area contributed by atoms with Crippen LogP contribution in [0.2, 0.25) is 0 Å². The molecule has 2 saturated heterocycles. The molecule has 2 aromatic heterocycles. The first-order valence-corrected chi connectivity index (χ1v) is 11.6. The second kappa shape index (κ2) is 7.91. The fourth-order valence-electron chi connectivity index (χ4n) is 5.72. The molecule has 6 nitrogen and oxygen atoms in total. The zero-order valence-electron chi connectivity index (χ0n) is 20.2. The highest BCUT2D eigenvalue weighted by Crippen LogP contribution is 2.54. The second-order valence-corrected chi connectivity index (χ2v) is 10.1. The smallest absolute Gasteiger partial charge is 0.376 e. The van der Waals surface area contributed by atoms with E-state index in [1.165, 1.54) is 18.2 Å².